The molecule has 2 aliphatic heterocycles. The summed E-state index contributed by atoms with van der Waals surface area (Å²) < 4.78 is 13.0. The molecular formula is C19H28FN3O. The molecule has 24 heavy (non-hydrogen) atoms. The summed E-state index contributed by atoms with van der Waals surface area (Å²) in [5, 5.41) is 3.21. The van der Waals surface area contributed by atoms with E-state index in [2.05, 4.69) is 17.1 Å². The Bertz CT molecular complexity index is 532. The highest BCUT2D eigenvalue weighted by Crippen LogP contribution is 2.18. The summed E-state index contributed by atoms with van der Waals surface area (Å²) in [5.74, 6) is 0.552. The number of hydrogen-bond donors (Lipinski definition) is 1. The van der Waals surface area contributed by atoms with E-state index in [4.69, 9.17) is 0 Å². The van der Waals surface area contributed by atoms with Gasteiger partial charge in [0.15, 0.2) is 0 Å². The van der Waals surface area contributed by atoms with Crippen LogP contribution < -0.4 is 5.32 Å². The zero-order valence-electron chi connectivity index (χ0n) is 14.5. The van der Waals surface area contributed by atoms with Crippen molar-refractivity contribution in [3.63, 3.8) is 0 Å². The SMILES string of the molecule is CC1CCN(C(=O)NC2CCN(Cc3ccc(F)cc3)CC2)CC1. The molecule has 0 saturated carbocycles. The lowest BCUT2D eigenvalue weighted by Gasteiger charge is -2.35. The van der Waals surface area contributed by atoms with E-state index in [9.17, 15) is 9.18 Å². The van der Waals surface area contributed by atoms with Crippen molar-refractivity contribution in [2.24, 2.45) is 5.92 Å². The van der Waals surface area contributed by atoms with Gasteiger partial charge in [0.25, 0.3) is 0 Å². The molecule has 0 bridgehead atoms. The van der Waals surface area contributed by atoms with E-state index in [1.807, 2.05) is 17.0 Å². The quantitative estimate of drug-likeness (QED) is 0.922. The Balaban J connectivity index is 1.40. The van der Waals surface area contributed by atoms with E-state index in [0.717, 1.165) is 69.9 Å². The van der Waals surface area contributed by atoms with Crippen molar-refractivity contribution in [1.29, 1.82) is 0 Å². The van der Waals surface area contributed by atoms with Crippen molar-refractivity contribution < 1.29 is 9.18 Å². The van der Waals surface area contributed by atoms with Crippen LogP contribution in [0.25, 0.3) is 0 Å². The first-order valence-corrected chi connectivity index (χ1v) is 9.12. The Labute approximate surface area is 144 Å². The van der Waals surface area contributed by atoms with Crippen LogP contribution in [0, 0.1) is 11.7 Å². The first kappa shape index (κ1) is 17.2. The zero-order chi connectivity index (χ0) is 16.9. The van der Waals surface area contributed by atoms with E-state index in [0.29, 0.717) is 0 Å². The summed E-state index contributed by atoms with van der Waals surface area (Å²) in [6.45, 7) is 6.82. The van der Waals surface area contributed by atoms with Crippen LogP contribution in [-0.2, 0) is 6.54 Å². The molecule has 0 spiro atoms. The van der Waals surface area contributed by atoms with Gasteiger partial charge in [-0.05, 0) is 49.3 Å². The van der Waals surface area contributed by atoms with Crippen molar-refractivity contribution >= 4 is 6.03 Å². The number of nitrogens with zero attached hydrogens (tertiary/aromatic N) is 2. The van der Waals surface area contributed by atoms with Gasteiger partial charge in [0.2, 0.25) is 0 Å². The topological polar surface area (TPSA) is 35.6 Å². The predicted octanol–water partition coefficient (Wildman–Crippen LogP) is 3.23. The van der Waals surface area contributed by atoms with Crippen LogP contribution in [0.1, 0.15) is 38.2 Å². The molecule has 4 nitrogen and oxygen atoms in total. The standard InChI is InChI=1S/C19H28FN3O/c1-15-6-12-23(13-7-15)19(24)21-18-8-10-22(11-9-18)14-16-2-4-17(20)5-3-16/h2-5,15,18H,6-14H2,1H3,(H,21,24). The molecule has 3 rings (SSSR count). The highest BCUT2D eigenvalue weighted by molar-refractivity contribution is 5.74. The number of carbonyl (C=O) groups excluding carboxylic acids is 1. The van der Waals surface area contributed by atoms with Gasteiger partial charge in [-0.2, -0.15) is 0 Å². The molecule has 2 fully saturated rings. The summed E-state index contributed by atoms with van der Waals surface area (Å²) in [5.41, 5.74) is 1.14. The van der Waals surface area contributed by atoms with E-state index in [1.54, 1.807) is 0 Å². The number of piperidine rings is 2. The van der Waals surface area contributed by atoms with Crippen LogP contribution in [0.2, 0.25) is 0 Å². The third-order valence-electron chi connectivity index (χ3n) is 5.31. The lowest BCUT2D eigenvalue weighted by Crippen LogP contribution is -2.50. The molecule has 132 valence electrons. The normalized spacial score (nSPS) is 21.0. The second kappa shape index (κ2) is 7.97. The van der Waals surface area contributed by atoms with E-state index in [-0.39, 0.29) is 17.9 Å². The highest BCUT2D eigenvalue weighted by Gasteiger charge is 2.25. The Morgan fingerprint density at radius 1 is 1.08 bits per heavy atom. The Hall–Kier alpha value is -1.62. The number of halogens is 1. The fourth-order valence-corrected chi connectivity index (χ4v) is 3.56. The number of rotatable bonds is 3. The van der Waals surface area contributed by atoms with Crippen LogP contribution in [0.5, 0.6) is 0 Å². The fourth-order valence-electron chi connectivity index (χ4n) is 3.56. The smallest absolute Gasteiger partial charge is 0.317 e. The largest absolute Gasteiger partial charge is 0.335 e. The summed E-state index contributed by atoms with van der Waals surface area (Å²) in [6.07, 6.45) is 4.20. The monoisotopic (exact) mass is 333 g/mol. The first-order chi connectivity index (χ1) is 11.6. The van der Waals surface area contributed by atoms with Crippen molar-refractivity contribution in [3.8, 4) is 0 Å². The molecule has 0 atom stereocenters. The van der Waals surface area contributed by atoms with Crippen molar-refractivity contribution in [3.05, 3.63) is 35.6 Å². The summed E-state index contributed by atoms with van der Waals surface area (Å²) in [4.78, 5) is 16.7. The minimum Gasteiger partial charge on any atom is -0.335 e. The van der Waals surface area contributed by atoms with Gasteiger partial charge in [0.1, 0.15) is 5.82 Å². The lowest BCUT2D eigenvalue weighted by atomic mass is 9.99. The number of urea groups is 1. The molecule has 0 aromatic heterocycles. The maximum atomic E-state index is 13.0. The zero-order valence-corrected chi connectivity index (χ0v) is 14.5. The van der Waals surface area contributed by atoms with Crippen LogP contribution in [0.3, 0.4) is 0 Å². The van der Waals surface area contributed by atoms with E-state index >= 15 is 0 Å². The summed E-state index contributed by atoms with van der Waals surface area (Å²) in [6, 6.07) is 7.12. The van der Waals surface area contributed by atoms with Crippen LogP contribution in [0.4, 0.5) is 9.18 Å². The lowest BCUT2D eigenvalue weighted by molar-refractivity contribution is 0.155. The van der Waals surface area contributed by atoms with Gasteiger partial charge >= 0.3 is 6.03 Å². The number of hydrogen-bond acceptors (Lipinski definition) is 2. The van der Waals surface area contributed by atoms with Crippen LogP contribution in [-0.4, -0.2) is 48.1 Å². The van der Waals surface area contributed by atoms with Crippen molar-refractivity contribution in [1.82, 2.24) is 15.1 Å². The van der Waals surface area contributed by atoms with Gasteiger partial charge in [0, 0.05) is 38.8 Å². The van der Waals surface area contributed by atoms with Crippen LogP contribution in [0.15, 0.2) is 24.3 Å². The molecule has 1 aromatic carbocycles. The van der Waals surface area contributed by atoms with Gasteiger partial charge in [-0.15, -0.1) is 0 Å². The van der Waals surface area contributed by atoms with Crippen LogP contribution >= 0.6 is 0 Å². The Kier molecular flexibility index (Phi) is 5.72. The molecule has 0 radical (unpaired) electrons. The number of benzene rings is 1. The number of amides is 2. The molecule has 0 unspecified atom stereocenters. The maximum absolute atomic E-state index is 13.0. The molecule has 2 aliphatic rings. The molecule has 5 heteroatoms. The molecular weight excluding hydrogens is 305 g/mol. The number of carbonyl (C=O) groups is 1. The number of likely N-dealkylation sites (tertiary alicyclic amines) is 2. The predicted molar refractivity (Wildman–Crippen MR) is 93.2 cm³/mol. The van der Waals surface area contributed by atoms with Gasteiger partial charge in [-0.25, -0.2) is 9.18 Å². The number of nitrogens with one attached hydrogen (secondary N) is 1. The van der Waals surface area contributed by atoms with Gasteiger partial charge in [0.05, 0.1) is 0 Å². The average Bonchev–Trinajstić information content (AvgIpc) is 2.59. The van der Waals surface area contributed by atoms with Crippen molar-refractivity contribution in [2.75, 3.05) is 26.2 Å². The molecule has 1 N–H and O–H groups in total. The van der Waals surface area contributed by atoms with E-state index in [1.165, 1.54) is 12.1 Å². The second-order valence-corrected chi connectivity index (χ2v) is 7.30. The average molecular weight is 333 g/mol. The third-order valence-corrected chi connectivity index (χ3v) is 5.31. The summed E-state index contributed by atoms with van der Waals surface area (Å²) in [7, 11) is 0. The summed E-state index contributed by atoms with van der Waals surface area (Å²) >= 11 is 0. The third kappa shape index (κ3) is 4.69. The molecule has 2 amide bonds. The van der Waals surface area contributed by atoms with E-state index < -0.39 is 0 Å². The van der Waals surface area contributed by atoms with Gasteiger partial charge < -0.3 is 10.2 Å². The Morgan fingerprint density at radius 2 is 1.71 bits per heavy atom. The van der Waals surface area contributed by atoms with Gasteiger partial charge in [-0.3, -0.25) is 4.90 Å². The van der Waals surface area contributed by atoms with Gasteiger partial charge in [-0.1, -0.05) is 19.1 Å². The highest BCUT2D eigenvalue weighted by atomic mass is 19.1. The first-order valence-electron chi connectivity index (χ1n) is 9.12. The molecule has 1 aromatic rings. The van der Waals surface area contributed by atoms with Crippen molar-refractivity contribution in [2.45, 2.75) is 45.2 Å². The molecule has 0 aliphatic carbocycles. The molecule has 2 heterocycles. The minimum atomic E-state index is -0.188. The maximum Gasteiger partial charge on any atom is 0.317 e. The molecule has 2 saturated heterocycles. The Morgan fingerprint density at radius 3 is 2.33 bits per heavy atom. The minimum absolute atomic E-state index is 0.110. The fraction of sp³-hybridized carbons (Fsp3) is 0.632. The second-order valence-electron chi connectivity index (χ2n) is 7.30.